The summed E-state index contributed by atoms with van der Waals surface area (Å²) >= 11 is 0. The SMILES string of the molecule is CCOc1ccc(S(=O)(=O)N2CCN(c3cccc(C(C)=O)c3)CC2)cc1. The summed E-state index contributed by atoms with van der Waals surface area (Å²) in [5, 5.41) is 0. The third-order valence-corrected chi connectivity index (χ3v) is 6.54. The molecule has 0 N–H and O–H groups in total. The summed E-state index contributed by atoms with van der Waals surface area (Å²) in [7, 11) is -3.52. The van der Waals surface area contributed by atoms with E-state index in [1.165, 1.54) is 4.31 Å². The topological polar surface area (TPSA) is 66.9 Å². The van der Waals surface area contributed by atoms with Gasteiger partial charge in [-0.1, -0.05) is 12.1 Å². The highest BCUT2D eigenvalue weighted by Gasteiger charge is 2.28. The zero-order chi connectivity index (χ0) is 19.4. The van der Waals surface area contributed by atoms with Crippen molar-refractivity contribution in [2.75, 3.05) is 37.7 Å². The van der Waals surface area contributed by atoms with Gasteiger partial charge in [-0.15, -0.1) is 0 Å². The zero-order valence-corrected chi connectivity index (χ0v) is 16.4. The lowest BCUT2D eigenvalue weighted by Crippen LogP contribution is -2.48. The van der Waals surface area contributed by atoms with Gasteiger partial charge in [0, 0.05) is 37.4 Å². The van der Waals surface area contributed by atoms with Crippen LogP contribution in [-0.4, -0.2) is 51.3 Å². The molecule has 3 rings (SSSR count). The number of piperazine rings is 1. The van der Waals surface area contributed by atoms with Crippen LogP contribution < -0.4 is 9.64 Å². The van der Waals surface area contributed by atoms with E-state index in [2.05, 4.69) is 4.90 Å². The molecular formula is C20H24N2O4S. The first-order valence-electron chi connectivity index (χ1n) is 9.01. The fourth-order valence-corrected chi connectivity index (χ4v) is 4.55. The van der Waals surface area contributed by atoms with Gasteiger partial charge in [-0.25, -0.2) is 8.42 Å². The normalized spacial score (nSPS) is 15.6. The van der Waals surface area contributed by atoms with Gasteiger partial charge in [0.1, 0.15) is 5.75 Å². The average molecular weight is 388 g/mol. The van der Waals surface area contributed by atoms with Crippen molar-refractivity contribution in [1.82, 2.24) is 4.31 Å². The van der Waals surface area contributed by atoms with Crippen LogP contribution in [0.3, 0.4) is 0 Å². The summed E-state index contributed by atoms with van der Waals surface area (Å²) in [6, 6.07) is 14.0. The Morgan fingerprint density at radius 2 is 1.70 bits per heavy atom. The Labute approximate surface area is 160 Å². The van der Waals surface area contributed by atoms with Crippen LogP contribution in [0.25, 0.3) is 0 Å². The molecule has 27 heavy (non-hydrogen) atoms. The second-order valence-electron chi connectivity index (χ2n) is 6.40. The van der Waals surface area contributed by atoms with Crippen LogP contribution in [0.4, 0.5) is 5.69 Å². The van der Waals surface area contributed by atoms with Gasteiger partial charge in [0.15, 0.2) is 5.78 Å². The highest BCUT2D eigenvalue weighted by Crippen LogP contribution is 2.23. The highest BCUT2D eigenvalue weighted by molar-refractivity contribution is 7.89. The Bertz CT molecular complexity index is 902. The number of Topliss-reactive ketones (excluding diaryl/α,β-unsaturated/α-hetero) is 1. The molecule has 0 atom stereocenters. The molecule has 0 spiro atoms. The van der Waals surface area contributed by atoms with Crippen molar-refractivity contribution in [3.8, 4) is 5.75 Å². The maximum absolute atomic E-state index is 12.9. The van der Waals surface area contributed by atoms with E-state index in [0.717, 1.165) is 5.69 Å². The number of nitrogens with zero attached hydrogens (tertiary/aromatic N) is 2. The molecular weight excluding hydrogens is 364 g/mol. The third kappa shape index (κ3) is 4.31. The van der Waals surface area contributed by atoms with Gasteiger partial charge in [0.25, 0.3) is 0 Å². The molecule has 0 radical (unpaired) electrons. The van der Waals surface area contributed by atoms with Gasteiger partial charge >= 0.3 is 0 Å². The molecule has 1 heterocycles. The first-order chi connectivity index (χ1) is 12.9. The van der Waals surface area contributed by atoms with Gasteiger partial charge in [0.2, 0.25) is 10.0 Å². The molecule has 0 aliphatic carbocycles. The largest absolute Gasteiger partial charge is 0.494 e. The molecule has 1 aliphatic rings. The quantitative estimate of drug-likeness (QED) is 0.712. The van der Waals surface area contributed by atoms with E-state index in [4.69, 9.17) is 4.74 Å². The number of hydrogen-bond acceptors (Lipinski definition) is 5. The Morgan fingerprint density at radius 3 is 2.30 bits per heavy atom. The lowest BCUT2D eigenvalue weighted by Gasteiger charge is -2.35. The van der Waals surface area contributed by atoms with Gasteiger partial charge in [-0.3, -0.25) is 4.79 Å². The molecule has 2 aromatic carbocycles. The maximum atomic E-state index is 12.9. The lowest BCUT2D eigenvalue weighted by atomic mass is 10.1. The molecule has 0 amide bonds. The second-order valence-corrected chi connectivity index (χ2v) is 8.34. The summed E-state index contributed by atoms with van der Waals surface area (Å²) in [6.45, 7) is 5.94. The van der Waals surface area contributed by atoms with Crippen molar-refractivity contribution in [2.45, 2.75) is 18.7 Å². The summed E-state index contributed by atoms with van der Waals surface area (Å²) < 4.78 is 32.6. The molecule has 0 bridgehead atoms. The van der Waals surface area contributed by atoms with Crippen LogP contribution in [0, 0.1) is 0 Å². The number of carbonyl (C=O) groups excluding carboxylic acids is 1. The molecule has 6 nitrogen and oxygen atoms in total. The number of carbonyl (C=O) groups is 1. The summed E-state index contributed by atoms with van der Waals surface area (Å²) in [5.41, 5.74) is 1.61. The van der Waals surface area contributed by atoms with Gasteiger partial charge < -0.3 is 9.64 Å². The minimum absolute atomic E-state index is 0.0218. The molecule has 144 valence electrons. The number of benzene rings is 2. The van der Waals surface area contributed by atoms with E-state index in [1.807, 2.05) is 25.1 Å². The Kier molecular flexibility index (Phi) is 5.82. The number of ketones is 1. The van der Waals surface area contributed by atoms with Crippen molar-refractivity contribution in [3.63, 3.8) is 0 Å². The standard InChI is InChI=1S/C20H24N2O4S/c1-3-26-19-7-9-20(10-8-19)27(24,25)22-13-11-21(12-14-22)18-6-4-5-17(15-18)16(2)23/h4-10,15H,3,11-14H2,1-2H3. The number of rotatable bonds is 6. The average Bonchev–Trinajstić information content (AvgIpc) is 2.69. The predicted molar refractivity (Wildman–Crippen MR) is 105 cm³/mol. The van der Waals surface area contributed by atoms with Crippen LogP contribution >= 0.6 is 0 Å². The van der Waals surface area contributed by atoms with E-state index >= 15 is 0 Å². The molecule has 2 aromatic rings. The minimum atomic E-state index is -3.52. The van der Waals surface area contributed by atoms with E-state index in [-0.39, 0.29) is 10.7 Å². The minimum Gasteiger partial charge on any atom is -0.494 e. The smallest absolute Gasteiger partial charge is 0.243 e. The second kappa shape index (κ2) is 8.10. The van der Waals surface area contributed by atoms with Crippen molar-refractivity contribution in [1.29, 1.82) is 0 Å². The molecule has 1 fully saturated rings. The van der Waals surface area contributed by atoms with Crippen molar-refractivity contribution in [2.24, 2.45) is 0 Å². The zero-order valence-electron chi connectivity index (χ0n) is 15.6. The van der Waals surface area contributed by atoms with E-state index in [0.29, 0.717) is 44.1 Å². The van der Waals surface area contributed by atoms with Crippen LogP contribution in [0.1, 0.15) is 24.2 Å². The highest BCUT2D eigenvalue weighted by atomic mass is 32.2. The summed E-state index contributed by atoms with van der Waals surface area (Å²) in [6.07, 6.45) is 0. The first-order valence-corrected chi connectivity index (χ1v) is 10.4. The van der Waals surface area contributed by atoms with Crippen LogP contribution in [0.2, 0.25) is 0 Å². The van der Waals surface area contributed by atoms with Crippen molar-refractivity contribution < 1.29 is 17.9 Å². The molecule has 7 heteroatoms. The maximum Gasteiger partial charge on any atom is 0.243 e. The number of hydrogen-bond donors (Lipinski definition) is 0. The van der Waals surface area contributed by atoms with Gasteiger partial charge in [-0.2, -0.15) is 4.31 Å². The number of ether oxygens (including phenoxy) is 1. The first kappa shape index (κ1) is 19.4. The Hall–Kier alpha value is -2.38. The molecule has 0 saturated carbocycles. The van der Waals surface area contributed by atoms with Crippen LogP contribution in [-0.2, 0) is 10.0 Å². The molecule has 0 unspecified atom stereocenters. The fraction of sp³-hybridized carbons (Fsp3) is 0.350. The summed E-state index contributed by atoms with van der Waals surface area (Å²) in [5.74, 6) is 0.681. The summed E-state index contributed by atoms with van der Waals surface area (Å²) in [4.78, 5) is 14.0. The number of anilines is 1. The Morgan fingerprint density at radius 1 is 1.04 bits per heavy atom. The van der Waals surface area contributed by atoms with E-state index in [1.54, 1.807) is 37.3 Å². The fourth-order valence-electron chi connectivity index (χ4n) is 3.13. The van der Waals surface area contributed by atoms with Crippen LogP contribution in [0.15, 0.2) is 53.4 Å². The molecule has 1 saturated heterocycles. The lowest BCUT2D eigenvalue weighted by molar-refractivity contribution is 0.101. The molecule has 0 aromatic heterocycles. The predicted octanol–water partition coefficient (Wildman–Crippen LogP) is 2.80. The molecule has 1 aliphatic heterocycles. The Balaban J connectivity index is 1.69. The monoisotopic (exact) mass is 388 g/mol. The van der Waals surface area contributed by atoms with Crippen molar-refractivity contribution in [3.05, 3.63) is 54.1 Å². The van der Waals surface area contributed by atoms with Gasteiger partial charge in [0.05, 0.1) is 11.5 Å². The van der Waals surface area contributed by atoms with Crippen molar-refractivity contribution >= 4 is 21.5 Å². The third-order valence-electron chi connectivity index (χ3n) is 4.63. The number of sulfonamides is 1. The van der Waals surface area contributed by atoms with E-state index < -0.39 is 10.0 Å². The van der Waals surface area contributed by atoms with Gasteiger partial charge in [-0.05, 0) is 50.2 Å². The van der Waals surface area contributed by atoms with Crippen LogP contribution in [0.5, 0.6) is 5.75 Å². The van der Waals surface area contributed by atoms with E-state index in [9.17, 15) is 13.2 Å².